The predicted octanol–water partition coefficient (Wildman–Crippen LogP) is 5.68. The fraction of sp³-hybridized carbons (Fsp3) is 0.463. The van der Waals surface area contributed by atoms with Gasteiger partial charge in [-0.1, -0.05) is 112 Å². The second-order valence-corrected chi connectivity index (χ2v) is 31.5. The lowest BCUT2D eigenvalue weighted by Crippen LogP contribution is -2.32. The molecule has 9 aromatic rings. The number of rotatable bonds is 25. The van der Waals surface area contributed by atoms with Gasteiger partial charge in [0.05, 0.1) is 38.8 Å². The number of ether oxygens (including phenoxy) is 9. The van der Waals surface area contributed by atoms with Crippen molar-refractivity contribution in [1.82, 2.24) is 74.5 Å². The standard InChI is InChI=1S/C23H29N6O7P.2C22H27N6O7P/c1-3-24-23(30)28-20-17-21(26-12-25-20)29(13-27-17)22-19-18(15(34-22)11-33-37(31,32)4-2)35-16(36-19)10-14-8-6-5-7-9-14;2*1-3-23-22(29)27-18-15-19(25-11-24-18)28(12-26-15)20-17-16(14(33-20)10-32-36(30,31)4-2)34-21(35-17)13-8-6-5-7-9-13/h5-9,12-13,15-16,18-19,22H,3-4,10-11H2,1-2H3,(H,31,32)(H2,24,25,26,28,30);2*5-9,11-12,14,16-17,20-21H,3-4,10H2,1-2H3,(H,30,31)(H2,23,24,25,27,29)/p-3/t15-,16?,18?,19+,22-;14-,16?,17+,20-,21+;14-,16?,17+,20-,21-/m111/s1. The lowest BCUT2D eigenvalue weighted by atomic mass is 10.1. The lowest BCUT2D eigenvalue weighted by molar-refractivity contribution is -0.205. The number of fused-ring (bicyclic) bond motifs is 6. The van der Waals surface area contributed by atoms with E-state index in [1.807, 2.05) is 91.0 Å². The molecule has 6 aliphatic rings. The highest BCUT2D eigenvalue weighted by molar-refractivity contribution is 7.51. The summed E-state index contributed by atoms with van der Waals surface area (Å²) >= 11 is 0. The summed E-state index contributed by atoms with van der Waals surface area (Å²) in [4.78, 5) is 111. The summed E-state index contributed by atoms with van der Waals surface area (Å²) in [7, 11) is -12.0. The molecule has 109 heavy (non-hydrogen) atoms. The van der Waals surface area contributed by atoms with E-state index < -0.39 is 133 Å². The van der Waals surface area contributed by atoms with E-state index in [1.165, 1.54) is 58.7 Å². The summed E-state index contributed by atoms with van der Waals surface area (Å²) in [6.45, 7) is 10.7. The summed E-state index contributed by atoms with van der Waals surface area (Å²) in [6, 6.07) is 27.3. The van der Waals surface area contributed by atoms with Crippen molar-refractivity contribution in [3.63, 3.8) is 0 Å². The molecule has 582 valence electrons. The van der Waals surface area contributed by atoms with E-state index in [4.69, 9.17) is 56.2 Å². The minimum absolute atomic E-state index is 0.129. The number of nitrogens with one attached hydrogen (secondary N) is 6. The van der Waals surface area contributed by atoms with Crippen LogP contribution in [0.3, 0.4) is 0 Å². The summed E-state index contributed by atoms with van der Waals surface area (Å²) in [5.41, 5.74) is 4.96. The first-order valence-electron chi connectivity index (χ1n) is 35.2. The Morgan fingerprint density at radius 2 is 0.706 bits per heavy atom. The van der Waals surface area contributed by atoms with Crippen molar-refractivity contribution in [2.75, 3.05) is 73.9 Å². The third-order valence-electron chi connectivity index (χ3n) is 18.1. The molecule has 42 heteroatoms. The molecule has 18 atom stereocenters. The number of amides is 6. The van der Waals surface area contributed by atoms with Gasteiger partial charge in [0.15, 0.2) is 88.5 Å². The summed E-state index contributed by atoms with van der Waals surface area (Å²) in [6.07, 6.45) is -1.29. The monoisotopic (exact) mass is 1570 g/mol. The topological polar surface area (TPSA) is 485 Å². The number of hydrogen-bond acceptors (Lipinski definition) is 30. The van der Waals surface area contributed by atoms with Gasteiger partial charge in [-0.15, -0.1) is 0 Å². The van der Waals surface area contributed by atoms with Crippen molar-refractivity contribution >= 4 is 91.8 Å². The Hall–Kier alpha value is -8.79. The van der Waals surface area contributed by atoms with Crippen LogP contribution in [0.5, 0.6) is 0 Å². The highest BCUT2D eigenvalue weighted by Gasteiger charge is 2.57. The first-order valence-corrected chi connectivity index (χ1v) is 40.4. The second kappa shape index (κ2) is 34.6. The van der Waals surface area contributed by atoms with Crippen LogP contribution in [0.2, 0.25) is 0 Å². The molecule has 0 radical (unpaired) electrons. The molecule has 6 fully saturated rings. The Labute approximate surface area is 622 Å². The number of hydrogen-bond donors (Lipinski definition) is 6. The van der Waals surface area contributed by atoms with Crippen LogP contribution in [0.1, 0.15) is 89.5 Å². The Bertz CT molecular complexity index is 4580. The van der Waals surface area contributed by atoms with Crippen LogP contribution in [-0.4, -0.2) is 196 Å². The quantitative estimate of drug-likeness (QED) is 0.0374. The molecule has 6 aliphatic heterocycles. The minimum Gasteiger partial charge on any atom is -0.779 e. The average molecular weight is 1570 g/mol. The Morgan fingerprint density at radius 1 is 0.404 bits per heavy atom. The largest absolute Gasteiger partial charge is 0.779 e. The summed E-state index contributed by atoms with van der Waals surface area (Å²) < 4.78 is 112. The van der Waals surface area contributed by atoms with E-state index in [2.05, 4.69) is 76.8 Å². The van der Waals surface area contributed by atoms with Crippen LogP contribution in [0.15, 0.2) is 129 Å². The second-order valence-electron chi connectivity index (χ2n) is 25.2. The Morgan fingerprint density at radius 3 is 1.04 bits per heavy atom. The number of carbonyl (C=O) groups is 3. The van der Waals surface area contributed by atoms with E-state index in [0.717, 1.165) is 16.7 Å². The van der Waals surface area contributed by atoms with E-state index in [1.54, 1.807) is 34.5 Å². The maximum absolute atomic E-state index is 12.0. The highest BCUT2D eigenvalue weighted by atomic mass is 31.2. The predicted molar refractivity (Wildman–Crippen MR) is 380 cm³/mol. The fourth-order valence-corrected chi connectivity index (χ4v) is 14.4. The molecule has 6 N–H and O–H groups in total. The van der Waals surface area contributed by atoms with E-state index in [-0.39, 0.29) is 55.8 Å². The molecule has 39 nitrogen and oxygen atoms in total. The number of imidazole rings is 3. The number of carbonyl (C=O) groups excluding carboxylic acids is 3. The van der Waals surface area contributed by atoms with Crippen LogP contribution >= 0.6 is 22.8 Å². The zero-order valence-corrected chi connectivity index (χ0v) is 62.3. The number of nitrogens with zero attached hydrogens (tertiary/aromatic N) is 12. The summed E-state index contributed by atoms with van der Waals surface area (Å²) in [5, 5.41) is 15.9. The molecule has 12 heterocycles. The van der Waals surface area contributed by atoms with Crippen LogP contribution in [0.4, 0.5) is 31.8 Å². The van der Waals surface area contributed by atoms with Crippen molar-refractivity contribution in [1.29, 1.82) is 0 Å². The van der Waals surface area contributed by atoms with Gasteiger partial charge >= 0.3 is 18.1 Å². The van der Waals surface area contributed by atoms with Crippen molar-refractivity contribution in [3.05, 3.63) is 146 Å². The van der Waals surface area contributed by atoms with E-state index >= 15 is 0 Å². The third-order valence-corrected chi connectivity index (χ3v) is 22.0. The third kappa shape index (κ3) is 18.0. The van der Waals surface area contributed by atoms with Gasteiger partial charge < -0.3 is 101 Å². The van der Waals surface area contributed by atoms with E-state index in [9.17, 15) is 42.8 Å². The molecule has 0 bridgehead atoms. The van der Waals surface area contributed by atoms with Crippen LogP contribution < -0.4 is 46.6 Å². The number of anilines is 3. The molecule has 6 amide bonds. The maximum atomic E-state index is 12.0. The number of benzene rings is 3. The molecule has 15 rings (SSSR count). The van der Waals surface area contributed by atoms with Crippen molar-refractivity contribution in [3.8, 4) is 0 Å². The van der Waals surface area contributed by atoms with Gasteiger partial charge in [0.2, 0.25) is 0 Å². The van der Waals surface area contributed by atoms with Crippen LogP contribution in [-0.2, 0) is 76.3 Å². The summed E-state index contributed by atoms with van der Waals surface area (Å²) in [5.74, 6) is 0.713. The first-order chi connectivity index (χ1) is 52.7. The van der Waals surface area contributed by atoms with Crippen molar-refractivity contribution in [2.24, 2.45) is 0 Å². The SMILES string of the molecule is CCNC(=O)Nc1ncnc2c1ncn2[C@@H]1O[C@H](COP(=O)([O-])CC)C2OC(Cc3ccccc3)O[C@@H]21.CCNC(=O)Nc1ncnc2c1ncn2[C@@H]1O[C@H](COP(=O)([O-])CC)C2O[C@@H](c3ccccc3)O[C@@H]21.CCNC(=O)Nc1ncnc2c1ncn2[C@@H]1O[C@H](COP(=O)([O-])CC)C2O[C@H](c3ccccc3)O[C@@H]21. The van der Waals surface area contributed by atoms with Gasteiger partial charge in [-0.3, -0.25) is 29.7 Å². The molecule has 6 aromatic heterocycles. The normalized spacial score (nSPS) is 26.9. The lowest BCUT2D eigenvalue weighted by Gasteiger charge is -2.25. The van der Waals surface area contributed by atoms with Crippen LogP contribution in [0.25, 0.3) is 33.5 Å². The molecular formula is C67H80N18O21P3-3. The van der Waals surface area contributed by atoms with Crippen molar-refractivity contribution in [2.45, 2.75) is 140 Å². The zero-order valence-electron chi connectivity index (χ0n) is 59.6. The van der Waals surface area contributed by atoms with Crippen molar-refractivity contribution < 1.29 is 99.0 Å². The van der Waals surface area contributed by atoms with E-state index in [0.29, 0.717) is 59.5 Å². The first kappa shape index (κ1) is 78.3. The molecular weight excluding hydrogens is 1490 g/mol. The Kier molecular flexibility index (Phi) is 24.9. The number of aromatic nitrogens is 12. The molecule has 0 aliphatic carbocycles. The molecule has 6 saturated heterocycles. The van der Waals surface area contributed by atoms with Gasteiger partial charge in [-0.25, -0.2) is 59.2 Å². The molecule has 7 unspecified atom stereocenters. The Balaban J connectivity index is 0.000000144. The fourth-order valence-electron chi connectivity index (χ4n) is 12.7. The maximum Gasteiger partial charge on any atom is 0.320 e. The number of urea groups is 3. The molecule has 0 saturated carbocycles. The van der Waals surface area contributed by atoms with Gasteiger partial charge in [-0.05, 0) is 26.3 Å². The van der Waals surface area contributed by atoms with Gasteiger partial charge in [0, 0.05) is 55.7 Å². The minimum atomic E-state index is -3.99. The smallest absolute Gasteiger partial charge is 0.320 e. The molecule has 0 spiro atoms. The van der Waals surface area contributed by atoms with Crippen LogP contribution in [0, 0.1) is 0 Å². The zero-order chi connectivity index (χ0) is 76.6. The van der Waals surface area contributed by atoms with Gasteiger partial charge in [0.1, 0.15) is 96.7 Å². The van der Waals surface area contributed by atoms with Gasteiger partial charge in [0.25, 0.3) is 0 Å². The van der Waals surface area contributed by atoms with Gasteiger partial charge in [-0.2, -0.15) is 0 Å². The molecule has 3 aromatic carbocycles. The average Bonchev–Trinajstić information content (AvgIpc) is 1.61. The highest BCUT2D eigenvalue weighted by Crippen LogP contribution is 2.50.